The first-order valence-electron chi connectivity index (χ1n) is 8.84. The molecule has 2 aromatic rings. The van der Waals surface area contributed by atoms with Crippen LogP contribution >= 0.6 is 0 Å². The van der Waals surface area contributed by atoms with E-state index in [1.807, 2.05) is 6.07 Å². The lowest BCUT2D eigenvalue weighted by atomic mass is 10.2. The summed E-state index contributed by atoms with van der Waals surface area (Å²) in [4.78, 5) is 44.0. The zero-order valence-corrected chi connectivity index (χ0v) is 15.3. The third kappa shape index (κ3) is 4.62. The van der Waals surface area contributed by atoms with E-state index in [1.165, 1.54) is 18.0 Å². The molecule has 144 valence electrons. The van der Waals surface area contributed by atoms with Gasteiger partial charge in [-0.3, -0.25) is 19.1 Å². The Kier molecular flexibility index (Phi) is 6.02. The summed E-state index contributed by atoms with van der Waals surface area (Å²) >= 11 is 0. The number of hydrogen-bond acceptors (Lipinski definition) is 6. The monoisotopic (exact) mass is 373 g/mol. The summed E-state index contributed by atoms with van der Waals surface area (Å²) in [5.41, 5.74) is 0.389. The molecule has 1 aliphatic heterocycles. The van der Waals surface area contributed by atoms with Crippen LogP contribution in [0, 0.1) is 0 Å². The van der Waals surface area contributed by atoms with Gasteiger partial charge in [0, 0.05) is 39.3 Å². The van der Waals surface area contributed by atoms with Gasteiger partial charge in [0.2, 0.25) is 5.91 Å². The molecule has 1 saturated heterocycles. The molecule has 0 atom stereocenters. The van der Waals surface area contributed by atoms with Gasteiger partial charge in [0.25, 0.3) is 5.56 Å². The van der Waals surface area contributed by atoms with Gasteiger partial charge in [-0.25, -0.2) is 9.78 Å². The van der Waals surface area contributed by atoms with Crippen LogP contribution in [0.25, 0.3) is 10.9 Å². The van der Waals surface area contributed by atoms with Crippen LogP contribution in [-0.2, 0) is 16.1 Å². The molecular formula is C18H23N5O4. The van der Waals surface area contributed by atoms with E-state index >= 15 is 0 Å². The lowest BCUT2D eigenvalue weighted by Gasteiger charge is -2.33. The summed E-state index contributed by atoms with van der Waals surface area (Å²) in [7, 11) is 1.38. The van der Waals surface area contributed by atoms with Gasteiger partial charge in [0.1, 0.15) is 6.54 Å². The molecule has 1 N–H and O–H groups in total. The summed E-state index contributed by atoms with van der Waals surface area (Å²) in [5.74, 6) is -0.234. The standard InChI is InChI=1S/C18H23N5O4/c1-27-18(26)22-10-8-21(9-11-22)7-6-19-16(24)12-23-13-20-15-5-3-2-4-14(15)17(23)25/h2-5,13H,6-12H2,1H3,(H,19,24). The van der Waals surface area contributed by atoms with Crippen LogP contribution in [0.5, 0.6) is 0 Å². The zero-order valence-electron chi connectivity index (χ0n) is 15.3. The predicted molar refractivity (Wildman–Crippen MR) is 99.4 cm³/mol. The molecule has 9 heteroatoms. The van der Waals surface area contributed by atoms with Crippen LogP contribution in [0.4, 0.5) is 4.79 Å². The Morgan fingerprint density at radius 1 is 1.19 bits per heavy atom. The lowest BCUT2D eigenvalue weighted by Crippen LogP contribution is -2.50. The first kappa shape index (κ1) is 18.8. The van der Waals surface area contributed by atoms with E-state index in [-0.39, 0.29) is 24.1 Å². The van der Waals surface area contributed by atoms with Crippen molar-refractivity contribution < 1.29 is 14.3 Å². The second-order valence-corrected chi connectivity index (χ2v) is 6.34. The van der Waals surface area contributed by atoms with Gasteiger partial charge >= 0.3 is 6.09 Å². The van der Waals surface area contributed by atoms with E-state index in [2.05, 4.69) is 15.2 Å². The summed E-state index contributed by atoms with van der Waals surface area (Å²) < 4.78 is 6.02. The fourth-order valence-corrected chi connectivity index (χ4v) is 3.07. The Morgan fingerprint density at radius 3 is 2.67 bits per heavy atom. The highest BCUT2D eigenvalue weighted by atomic mass is 16.5. The van der Waals surface area contributed by atoms with Crippen molar-refractivity contribution in [2.75, 3.05) is 46.4 Å². The number of nitrogens with one attached hydrogen (secondary N) is 1. The van der Waals surface area contributed by atoms with Crippen molar-refractivity contribution in [1.82, 2.24) is 24.7 Å². The summed E-state index contributed by atoms with van der Waals surface area (Å²) in [5, 5.41) is 3.32. The normalized spacial score (nSPS) is 14.9. The lowest BCUT2D eigenvalue weighted by molar-refractivity contribution is -0.121. The van der Waals surface area contributed by atoms with Gasteiger partial charge in [-0.2, -0.15) is 0 Å². The number of para-hydroxylation sites is 1. The van der Waals surface area contributed by atoms with Crippen LogP contribution in [0.3, 0.4) is 0 Å². The van der Waals surface area contributed by atoms with Gasteiger partial charge in [0.05, 0.1) is 24.3 Å². The van der Waals surface area contributed by atoms with Crippen molar-refractivity contribution in [3.8, 4) is 0 Å². The fraction of sp³-hybridized carbons (Fsp3) is 0.444. The van der Waals surface area contributed by atoms with Crippen LogP contribution in [0.15, 0.2) is 35.4 Å². The minimum Gasteiger partial charge on any atom is -0.453 e. The molecule has 27 heavy (non-hydrogen) atoms. The molecule has 1 fully saturated rings. The van der Waals surface area contributed by atoms with Crippen molar-refractivity contribution in [2.24, 2.45) is 0 Å². The highest BCUT2D eigenvalue weighted by Crippen LogP contribution is 2.05. The van der Waals surface area contributed by atoms with Crippen LogP contribution < -0.4 is 10.9 Å². The summed E-state index contributed by atoms with van der Waals surface area (Å²) in [6, 6.07) is 7.06. The molecule has 2 amide bonds. The van der Waals surface area contributed by atoms with Gasteiger partial charge in [0.15, 0.2) is 0 Å². The van der Waals surface area contributed by atoms with E-state index in [4.69, 9.17) is 4.74 Å². The quantitative estimate of drug-likeness (QED) is 0.786. The number of carbonyl (C=O) groups excluding carboxylic acids is 2. The van der Waals surface area contributed by atoms with Gasteiger partial charge in [-0.05, 0) is 12.1 Å². The SMILES string of the molecule is COC(=O)N1CCN(CCNC(=O)Cn2cnc3ccccc3c2=O)CC1. The molecule has 0 unspecified atom stereocenters. The number of aromatic nitrogens is 2. The van der Waals surface area contributed by atoms with Crippen molar-refractivity contribution >= 4 is 22.9 Å². The first-order chi connectivity index (χ1) is 13.1. The van der Waals surface area contributed by atoms with Gasteiger partial charge in [-0.15, -0.1) is 0 Å². The molecule has 0 aliphatic carbocycles. The topological polar surface area (TPSA) is 96.8 Å². The van der Waals surface area contributed by atoms with Crippen molar-refractivity contribution in [1.29, 1.82) is 0 Å². The average molecular weight is 373 g/mol. The number of carbonyl (C=O) groups is 2. The maximum absolute atomic E-state index is 12.4. The highest BCUT2D eigenvalue weighted by molar-refractivity contribution is 5.78. The number of piperazine rings is 1. The molecular weight excluding hydrogens is 350 g/mol. The predicted octanol–water partition coefficient (Wildman–Crippen LogP) is -0.103. The summed E-state index contributed by atoms with van der Waals surface area (Å²) in [6.45, 7) is 3.79. The highest BCUT2D eigenvalue weighted by Gasteiger charge is 2.21. The van der Waals surface area contributed by atoms with Crippen LogP contribution in [-0.4, -0.2) is 77.7 Å². The Bertz CT molecular complexity index is 873. The van der Waals surface area contributed by atoms with Crippen molar-refractivity contribution in [2.45, 2.75) is 6.54 Å². The van der Waals surface area contributed by atoms with Crippen LogP contribution in [0.1, 0.15) is 0 Å². The van der Waals surface area contributed by atoms with E-state index in [0.717, 1.165) is 13.1 Å². The molecule has 0 spiro atoms. The van der Waals surface area contributed by atoms with E-state index < -0.39 is 0 Å². The molecule has 9 nitrogen and oxygen atoms in total. The number of amides is 2. The molecule has 0 bridgehead atoms. The molecule has 1 aromatic heterocycles. The minimum absolute atomic E-state index is 0.0627. The molecule has 0 radical (unpaired) electrons. The average Bonchev–Trinajstić information content (AvgIpc) is 2.70. The second kappa shape index (κ2) is 8.63. The van der Waals surface area contributed by atoms with E-state index in [0.29, 0.717) is 37.1 Å². The number of rotatable bonds is 5. The molecule has 0 saturated carbocycles. The first-order valence-corrected chi connectivity index (χ1v) is 8.84. The molecule has 1 aliphatic rings. The van der Waals surface area contributed by atoms with E-state index in [9.17, 15) is 14.4 Å². The number of benzene rings is 1. The fourth-order valence-electron chi connectivity index (χ4n) is 3.07. The number of hydrogen-bond donors (Lipinski definition) is 1. The third-order valence-corrected chi connectivity index (χ3v) is 4.60. The van der Waals surface area contributed by atoms with E-state index in [1.54, 1.807) is 23.1 Å². The van der Waals surface area contributed by atoms with Gasteiger partial charge < -0.3 is 15.0 Å². The van der Waals surface area contributed by atoms with Crippen molar-refractivity contribution in [3.05, 3.63) is 40.9 Å². The largest absolute Gasteiger partial charge is 0.453 e. The maximum Gasteiger partial charge on any atom is 0.409 e. The Morgan fingerprint density at radius 2 is 1.93 bits per heavy atom. The minimum atomic E-state index is -0.308. The number of nitrogens with zero attached hydrogens (tertiary/aromatic N) is 4. The zero-order chi connectivity index (χ0) is 19.2. The van der Waals surface area contributed by atoms with Gasteiger partial charge in [-0.1, -0.05) is 12.1 Å². The number of fused-ring (bicyclic) bond motifs is 1. The number of ether oxygens (including phenoxy) is 1. The van der Waals surface area contributed by atoms with Crippen LogP contribution in [0.2, 0.25) is 0 Å². The Balaban J connectivity index is 1.45. The molecule has 1 aromatic carbocycles. The summed E-state index contributed by atoms with van der Waals surface area (Å²) in [6.07, 6.45) is 1.09. The molecule has 2 heterocycles. The smallest absolute Gasteiger partial charge is 0.409 e. The third-order valence-electron chi connectivity index (χ3n) is 4.60. The Hall–Kier alpha value is -2.94. The second-order valence-electron chi connectivity index (χ2n) is 6.34. The maximum atomic E-state index is 12.4. The number of methoxy groups -OCH3 is 1. The molecule has 3 rings (SSSR count). The van der Waals surface area contributed by atoms with Crippen molar-refractivity contribution in [3.63, 3.8) is 0 Å². The Labute approximate surface area is 156 Å².